The maximum atomic E-state index is 12.0. The molecule has 0 aromatic carbocycles. The molecule has 0 radical (unpaired) electrons. The molecule has 2 saturated carbocycles. The molecule has 2 aliphatic rings. The summed E-state index contributed by atoms with van der Waals surface area (Å²) in [4.78, 5) is 12.0. The monoisotopic (exact) mass is 260 g/mol. The van der Waals surface area contributed by atoms with Gasteiger partial charge in [-0.25, -0.2) is 0 Å². The summed E-state index contributed by atoms with van der Waals surface area (Å²) >= 11 is 0. The van der Waals surface area contributed by atoms with E-state index in [1.807, 2.05) is 0 Å². The second-order valence-electron chi connectivity index (χ2n) is 5.60. The van der Waals surface area contributed by atoms with Crippen LogP contribution in [-0.2, 0) is 0 Å². The molecular formula is C14H20N4O. The number of nitrogens with one attached hydrogen (secondary N) is 2. The van der Waals surface area contributed by atoms with E-state index in [2.05, 4.69) is 20.8 Å². The van der Waals surface area contributed by atoms with Gasteiger partial charge < -0.3 is 10.6 Å². The van der Waals surface area contributed by atoms with Crippen LogP contribution in [0.1, 0.15) is 36.2 Å². The number of nitrogens with zero attached hydrogens (tertiary/aromatic N) is 2. The fraction of sp³-hybridized carbons (Fsp3) is 0.643. The highest BCUT2D eigenvalue weighted by Gasteiger charge is 2.41. The topological polar surface area (TPSA) is 66.9 Å². The van der Waals surface area contributed by atoms with Gasteiger partial charge in [-0.2, -0.15) is 0 Å². The van der Waals surface area contributed by atoms with Crippen LogP contribution in [0.4, 0.5) is 5.82 Å². The average Bonchev–Trinajstić information content (AvgIpc) is 3.31. The zero-order chi connectivity index (χ0) is 13.2. The molecule has 0 saturated heterocycles. The van der Waals surface area contributed by atoms with Gasteiger partial charge in [-0.1, -0.05) is 0 Å². The van der Waals surface area contributed by atoms with Gasteiger partial charge in [0.1, 0.15) is 5.82 Å². The molecule has 102 valence electrons. The highest BCUT2D eigenvalue weighted by Crippen LogP contribution is 2.48. The molecule has 1 aromatic heterocycles. The maximum Gasteiger partial charge on any atom is 0.271 e. The highest BCUT2D eigenvalue weighted by atomic mass is 16.1. The third-order valence-corrected chi connectivity index (χ3v) is 4.11. The first kappa shape index (κ1) is 12.4. The second-order valence-corrected chi connectivity index (χ2v) is 5.60. The summed E-state index contributed by atoms with van der Waals surface area (Å²) in [6, 6.07) is 3.47. The summed E-state index contributed by atoms with van der Waals surface area (Å²) in [5, 5.41) is 13.7. The molecule has 0 spiro atoms. The van der Waals surface area contributed by atoms with Crippen LogP contribution >= 0.6 is 0 Å². The SMILES string of the molecule is CNc1ccc(C(=O)NCC(C2CC2)C2CC2)nn1. The quantitative estimate of drug-likeness (QED) is 0.816. The number of anilines is 1. The minimum atomic E-state index is -0.110. The van der Waals surface area contributed by atoms with Crippen molar-refractivity contribution in [2.24, 2.45) is 17.8 Å². The first-order valence-corrected chi connectivity index (χ1v) is 7.07. The summed E-state index contributed by atoms with van der Waals surface area (Å²) in [7, 11) is 1.78. The average molecular weight is 260 g/mol. The standard InChI is InChI=1S/C14H20N4O/c1-15-13-7-6-12(17-18-13)14(19)16-8-11(9-2-3-9)10-4-5-10/h6-7,9-11H,2-5,8H2,1H3,(H,15,18)(H,16,19). The number of carbonyl (C=O) groups excluding carboxylic acids is 1. The van der Waals surface area contributed by atoms with E-state index in [0.717, 1.165) is 18.4 Å². The molecule has 0 atom stereocenters. The molecule has 19 heavy (non-hydrogen) atoms. The summed E-state index contributed by atoms with van der Waals surface area (Å²) in [5.74, 6) is 2.96. The van der Waals surface area contributed by atoms with Crippen LogP contribution in [0.15, 0.2) is 12.1 Å². The number of amides is 1. The van der Waals surface area contributed by atoms with E-state index >= 15 is 0 Å². The lowest BCUT2D eigenvalue weighted by Crippen LogP contribution is -2.31. The van der Waals surface area contributed by atoms with Gasteiger partial charge in [0.2, 0.25) is 0 Å². The zero-order valence-corrected chi connectivity index (χ0v) is 11.2. The van der Waals surface area contributed by atoms with Crippen molar-refractivity contribution < 1.29 is 4.79 Å². The molecule has 0 bridgehead atoms. The van der Waals surface area contributed by atoms with Gasteiger partial charge in [-0.05, 0) is 55.6 Å². The lowest BCUT2D eigenvalue weighted by Gasteiger charge is -2.15. The van der Waals surface area contributed by atoms with Crippen molar-refractivity contribution in [1.82, 2.24) is 15.5 Å². The molecule has 1 heterocycles. The first-order chi connectivity index (χ1) is 9.28. The van der Waals surface area contributed by atoms with Crippen LogP contribution in [0.2, 0.25) is 0 Å². The number of hydrogen-bond donors (Lipinski definition) is 2. The van der Waals surface area contributed by atoms with Gasteiger partial charge in [0.05, 0.1) is 0 Å². The van der Waals surface area contributed by atoms with E-state index in [4.69, 9.17) is 0 Å². The van der Waals surface area contributed by atoms with Crippen LogP contribution < -0.4 is 10.6 Å². The second kappa shape index (κ2) is 5.15. The lowest BCUT2D eigenvalue weighted by molar-refractivity contribution is 0.0937. The normalized spacial score (nSPS) is 18.4. The third-order valence-electron chi connectivity index (χ3n) is 4.11. The Kier molecular flexibility index (Phi) is 3.36. The van der Waals surface area contributed by atoms with Crippen LogP contribution in [0.25, 0.3) is 0 Å². The Morgan fingerprint density at radius 3 is 2.42 bits per heavy atom. The Balaban J connectivity index is 1.54. The van der Waals surface area contributed by atoms with Crippen LogP contribution in [0, 0.1) is 17.8 Å². The van der Waals surface area contributed by atoms with Crippen molar-refractivity contribution in [3.05, 3.63) is 17.8 Å². The summed E-state index contributed by atoms with van der Waals surface area (Å²) < 4.78 is 0. The van der Waals surface area contributed by atoms with Gasteiger partial charge in [0.25, 0.3) is 5.91 Å². The predicted octanol–water partition coefficient (Wildman–Crippen LogP) is 1.68. The Hall–Kier alpha value is -1.65. The number of carbonyl (C=O) groups is 1. The van der Waals surface area contributed by atoms with Gasteiger partial charge in [0.15, 0.2) is 5.69 Å². The smallest absolute Gasteiger partial charge is 0.271 e. The number of rotatable bonds is 6. The Bertz CT molecular complexity index is 439. The molecule has 0 unspecified atom stereocenters. The first-order valence-electron chi connectivity index (χ1n) is 7.07. The predicted molar refractivity (Wildman–Crippen MR) is 72.8 cm³/mol. The largest absolute Gasteiger partial charge is 0.372 e. The van der Waals surface area contributed by atoms with Crippen LogP contribution in [0.3, 0.4) is 0 Å². The molecule has 2 fully saturated rings. The highest BCUT2D eigenvalue weighted by molar-refractivity contribution is 5.92. The number of hydrogen-bond acceptors (Lipinski definition) is 4. The van der Waals surface area contributed by atoms with Gasteiger partial charge in [0, 0.05) is 13.6 Å². The van der Waals surface area contributed by atoms with Gasteiger partial charge >= 0.3 is 0 Å². The van der Waals surface area contributed by atoms with Gasteiger partial charge in [-0.3, -0.25) is 4.79 Å². The molecule has 1 amide bonds. The van der Waals surface area contributed by atoms with E-state index in [0.29, 0.717) is 17.4 Å². The Labute approximate surface area is 113 Å². The van der Waals surface area contributed by atoms with Crippen molar-refractivity contribution in [2.45, 2.75) is 25.7 Å². The molecule has 5 heteroatoms. The van der Waals surface area contributed by atoms with Crippen molar-refractivity contribution in [1.29, 1.82) is 0 Å². The summed E-state index contributed by atoms with van der Waals surface area (Å²) in [6.07, 6.45) is 5.36. The molecular weight excluding hydrogens is 240 g/mol. The fourth-order valence-corrected chi connectivity index (χ4v) is 2.65. The molecule has 2 N–H and O–H groups in total. The van der Waals surface area contributed by atoms with Crippen molar-refractivity contribution >= 4 is 11.7 Å². The van der Waals surface area contributed by atoms with Crippen molar-refractivity contribution in [3.8, 4) is 0 Å². The number of aromatic nitrogens is 2. The van der Waals surface area contributed by atoms with Crippen molar-refractivity contribution in [3.63, 3.8) is 0 Å². The zero-order valence-electron chi connectivity index (χ0n) is 11.2. The van der Waals surface area contributed by atoms with E-state index < -0.39 is 0 Å². The minimum absolute atomic E-state index is 0.110. The molecule has 3 rings (SSSR count). The summed E-state index contributed by atoms with van der Waals surface area (Å²) in [5.41, 5.74) is 0.393. The summed E-state index contributed by atoms with van der Waals surface area (Å²) in [6.45, 7) is 0.795. The van der Waals surface area contributed by atoms with Crippen molar-refractivity contribution in [2.75, 3.05) is 18.9 Å². The third kappa shape index (κ3) is 3.03. The molecule has 2 aliphatic carbocycles. The molecule has 0 aliphatic heterocycles. The Morgan fingerprint density at radius 1 is 1.26 bits per heavy atom. The molecule has 1 aromatic rings. The minimum Gasteiger partial charge on any atom is -0.372 e. The Morgan fingerprint density at radius 2 is 1.95 bits per heavy atom. The van der Waals surface area contributed by atoms with Gasteiger partial charge in [-0.15, -0.1) is 10.2 Å². The van der Waals surface area contributed by atoms with Crippen LogP contribution in [-0.4, -0.2) is 29.7 Å². The maximum absolute atomic E-state index is 12.0. The van der Waals surface area contributed by atoms with E-state index in [1.54, 1.807) is 19.2 Å². The van der Waals surface area contributed by atoms with E-state index in [1.165, 1.54) is 25.7 Å². The molecule has 5 nitrogen and oxygen atoms in total. The van der Waals surface area contributed by atoms with Crippen LogP contribution in [0.5, 0.6) is 0 Å². The lowest BCUT2D eigenvalue weighted by atomic mass is 9.98. The van der Waals surface area contributed by atoms with E-state index in [-0.39, 0.29) is 5.91 Å². The van der Waals surface area contributed by atoms with E-state index in [9.17, 15) is 4.79 Å². The fourth-order valence-electron chi connectivity index (χ4n) is 2.65.